The Bertz CT molecular complexity index is 444. The molecule has 1 heterocycles. The molecule has 0 saturated carbocycles. The van der Waals surface area contributed by atoms with Gasteiger partial charge in [-0.05, 0) is 20.8 Å². The fourth-order valence-corrected chi connectivity index (χ4v) is 1.20. The standard InChI is InChI=1S/C10H17N5O2/c1-10(2,3)17-8(16)7-6(13-9(11)12)5-15(4)14-7/h5H,1-4H3,(H4,11,12,13). The lowest BCUT2D eigenvalue weighted by molar-refractivity contribution is 0.00633. The molecular formula is C10H17N5O2. The Labute approximate surface area is 99.4 Å². The van der Waals surface area contributed by atoms with Gasteiger partial charge in [0.2, 0.25) is 0 Å². The second-order valence-electron chi connectivity index (χ2n) is 4.61. The number of aromatic nitrogens is 2. The molecule has 94 valence electrons. The van der Waals surface area contributed by atoms with E-state index in [-0.39, 0.29) is 11.7 Å². The van der Waals surface area contributed by atoms with Gasteiger partial charge in [0.25, 0.3) is 0 Å². The van der Waals surface area contributed by atoms with Gasteiger partial charge < -0.3 is 15.8 Å². The predicted molar refractivity (Wildman–Crippen MR) is 63.9 cm³/mol. The number of nitrogens with two attached hydrogens (primary N) is 1. The molecule has 0 unspecified atom stereocenters. The van der Waals surface area contributed by atoms with Crippen LogP contribution in [0.1, 0.15) is 31.3 Å². The summed E-state index contributed by atoms with van der Waals surface area (Å²) in [5.41, 5.74) is 5.08. The van der Waals surface area contributed by atoms with E-state index in [2.05, 4.69) is 10.4 Å². The number of esters is 1. The molecule has 0 fully saturated rings. The Balaban J connectivity index is 2.96. The average molecular weight is 239 g/mol. The van der Waals surface area contributed by atoms with Crippen molar-refractivity contribution in [1.82, 2.24) is 9.78 Å². The van der Waals surface area contributed by atoms with Gasteiger partial charge in [0.1, 0.15) is 5.60 Å². The minimum Gasteiger partial charge on any atom is -0.455 e. The van der Waals surface area contributed by atoms with Crippen LogP contribution in [0, 0.1) is 5.41 Å². The van der Waals surface area contributed by atoms with Crippen LogP contribution in [0.3, 0.4) is 0 Å². The third kappa shape index (κ3) is 3.78. The van der Waals surface area contributed by atoms with E-state index >= 15 is 0 Å². The number of nitrogens with zero attached hydrogens (tertiary/aromatic N) is 2. The number of rotatable bonds is 2. The smallest absolute Gasteiger partial charge is 0.361 e. The van der Waals surface area contributed by atoms with E-state index in [0.717, 1.165) is 0 Å². The molecule has 4 N–H and O–H groups in total. The van der Waals surface area contributed by atoms with Crippen molar-refractivity contribution in [2.75, 3.05) is 5.32 Å². The number of ether oxygens (including phenoxy) is 1. The highest BCUT2D eigenvalue weighted by molar-refractivity contribution is 5.99. The van der Waals surface area contributed by atoms with E-state index in [4.69, 9.17) is 15.9 Å². The van der Waals surface area contributed by atoms with Gasteiger partial charge in [0.05, 0.1) is 5.69 Å². The summed E-state index contributed by atoms with van der Waals surface area (Å²) in [5.74, 6) is -0.815. The lowest BCUT2D eigenvalue weighted by atomic mass is 10.2. The number of carbonyl (C=O) groups is 1. The van der Waals surface area contributed by atoms with Crippen molar-refractivity contribution >= 4 is 17.6 Å². The monoisotopic (exact) mass is 239 g/mol. The third-order valence-corrected chi connectivity index (χ3v) is 1.69. The zero-order chi connectivity index (χ0) is 13.2. The number of guanidine groups is 1. The van der Waals surface area contributed by atoms with E-state index in [1.54, 1.807) is 34.0 Å². The topological polar surface area (TPSA) is 106 Å². The molecule has 17 heavy (non-hydrogen) atoms. The molecule has 0 aromatic carbocycles. The van der Waals surface area contributed by atoms with Gasteiger partial charge >= 0.3 is 5.97 Å². The predicted octanol–water partition coefficient (Wildman–Crippen LogP) is 0.681. The van der Waals surface area contributed by atoms with Crippen molar-refractivity contribution in [3.8, 4) is 0 Å². The number of anilines is 1. The van der Waals surface area contributed by atoms with Gasteiger partial charge in [0.15, 0.2) is 11.7 Å². The molecule has 0 saturated heterocycles. The van der Waals surface area contributed by atoms with Crippen molar-refractivity contribution in [2.45, 2.75) is 26.4 Å². The molecule has 1 rings (SSSR count). The van der Waals surface area contributed by atoms with Crippen LogP contribution >= 0.6 is 0 Å². The summed E-state index contributed by atoms with van der Waals surface area (Å²) in [4.78, 5) is 11.8. The molecule has 0 amide bonds. The van der Waals surface area contributed by atoms with Crippen molar-refractivity contribution in [1.29, 1.82) is 5.41 Å². The van der Waals surface area contributed by atoms with Crippen molar-refractivity contribution in [2.24, 2.45) is 12.8 Å². The summed E-state index contributed by atoms with van der Waals surface area (Å²) in [6, 6.07) is 0. The maximum atomic E-state index is 11.8. The first-order valence-corrected chi connectivity index (χ1v) is 5.07. The van der Waals surface area contributed by atoms with Crippen LogP contribution in [0.15, 0.2) is 6.20 Å². The van der Waals surface area contributed by atoms with Gasteiger partial charge in [-0.15, -0.1) is 0 Å². The minimum absolute atomic E-state index is 0.109. The summed E-state index contributed by atoms with van der Waals surface area (Å²) in [6.07, 6.45) is 1.56. The number of carbonyl (C=O) groups excluding carboxylic acids is 1. The highest BCUT2D eigenvalue weighted by Crippen LogP contribution is 2.17. The van der Waals surface area contributed by atoms with Crippen LogP contribution < -0.4 is 11.1 Å². The van der Waals surface area contributed by atoms with E-state index < -0.39 is 11.6 Å². The number of nitrogens with one attached hydrogen (secondary N) is 2. The Morgan fingerprint density at radius 1 is 1.59 bits per heavy atom. The molecule has 1 aromatic heterocycles. The fraction of sp³-hybridized carbons (Fsp3) is 0.500. The van der Waals surface area contributed by atoms with Gasteiger partial charge in [-0.2, -0.15) is 5.10 Å². The summed E-state index contributed by atoms with van der Waals surface area (Å²) in [7, 11) is 1.67. The van der Waals surface area contributed by atoms with Gasteiger partial charge in [0, 0.05) is 13.2 Å². The molecule has 0 aliphatic carbocycles. The molecule has 0 radical (unpaired) electrons. The van der Waals surface area contributed by atoms with Crippen LogP contribution in [0.5, 0.6) is 0 Å². The molecule has 0 atom stereocenters. The Morgan fingerprint density at radius 2 is 2.18 bits per heavy atom. The summed E-state index contributed by atoms with van der Waals surface area (Å²) in [6.45, 7) is 5.31. The zero-order valence-electron chi connectivity index (χ0n) is 10.4. The number of hydrogen-bond acceptors (Lipinski definition) is 4. The number of aryl methyl sites for hydroxylation is 1. The maximum absolute atomic E-state index is 11.8. The van der Waals surface area contributed by atoms with Gasteiger partial charge in [-0.3, -0.25) is 10.1 Å². The molecule has 0 bridgehead atoms. The SMILES string of the molecule is Cn1cc(NC(=N)N)c(C(=O)OC(C)(C)C)n1. The minimum atomic E-state index is -0.595. The average Bonchev–Trinajstić information content (AvgIpc) is 2.42. The summed E-state index contributed by atoms with van der Waals surface area (Å²) in [5, 5.41) is 13.6. The zero-order valence-corrected chi connectivity index (χ0v) is 10.4. The van der Waals surface area contributed by atoms with Crippen LogP contribution in [0.2, 0.25) is 0 Å². The van der Waals surface area contributed by atoms with Crippen molar-refractivity contribution < 1.29 is 9.53 Å². The summed E-state index contributed by atoms with van der Waals surface area (Å²) < 4.78 is 6.64. The quantitative estimate of drug-likeness (QED) is 0.400. The van der Waals surface area contributed by atoms with Gasteiger partial charge in [-0.1, -0.05) is 0 Å². The third-order valence-electron chi connectivity index (χ3n) is 1.69. The molecule has 7 heteroatoms. The highest BCUT2D eigenvalue weighted by Gasteiger charge is 2.23. The second-order valence-corrected chi connectivity index (χ2v) is 4.61. The number of hydrogen-bond donors (Lipinski definition) is 3. The van der Waals surface area contributed by atoms with Crippen LogP contribution in [0.25, 0.3) is 0 Å². The first-order chi connectivity index (χ1) is 7.69. The second kappa shape index (κ2) is 4.44. The molecule has 7 nitrogen and oxygen atoms in total. The van der Waals surface area contributed by atoms with Gasteiger partial charge in [-0.25, -0.2) is 4.79 Å². The lowest BCUT2D eigenvalue weighted by Gasteiger charge is -2.18. The maximum Gasteiger partial charge on any atom is 0.361 e. The fourth-order valence-electron chi connectivity index (χ4n) is 1.20. The summed E-state index contributed by atoms with van der Waals surface area (Å²) >= 11 is 0. The van der Waals surface area contributed by atoms with Crippen molar-refractivity contribution in [3.63, 3.8) is 0 Å². The first-order valence-electron chi connectivity index (χ1n) is 5.07. The molecular weight excluding hydrogens is 222 g/mol. The molecule has 1 aromatic rings. The van der Waals surface area contributed by atoms with Crippen LogP contribution in [0.4, 0.5) is 5.69 Å². The largest absolute Gasteiger partial charge is 0.455 e. The van der Waals surface area contributed by atoms with E-state index in [1.807, 2.05) is 0 Å². The Kier molecular flexibility index (Phi) is 3.40. The highest BCUT2D eigenvalue weighted by atomic mass is 16.6. The van der Waals surface area contributed by atoms with Crippen LogP contribution in [-0.2, 0) is 11.8 Å². The van der Waals surface area contributed by atoms with Crippen molar-refractivity contribution in [3.05, 3.63) is 11.9 Å². The van der Waals surface area contributed by atoms with E-state index in [1.165, 1.54) is 4.68 Å². The molecule has 0 spiro atoms. The van der Waals surface area contributed by atoms with E-state index in [9.17, 15) is 4.79 Å². The Hall–Kier alpha value is -2.05. The van der Waals surface area contributed by atoms with Crippen LogP contribution in [-0.4, -0.2) is 27.3 Å². The lowest BCUT2D eigenvalue weighted by Crippen LogP contribution is -2.26. The molecule has 0 aliphatic heterocycles. The Morgan fingerprint density at radius 3 is 2.65 bits per heavy atom. The normalized spacial score (nSPS) is 11.1. The molecule has 0 aliphatic rings. The first kappa shape index (κ1) is 13.0. The van der Waals surface area contributed by atoms with E-state index in [0.29, 0.717) is 5.69 Å².